The zero-order valence-electron chi connectivity index (χ0n) is 13.5. The van der Waals surface area contributed by atoms with Crippen molar-refractivity contribution in [2.24, 2.45) is 0 Å². The number of alkyl halides is 3. The van der Waals surface area contributed by atoms with E-state index in [1.165, 1.54) is 13.2 Å². The Morgan fingerprint density at radius 1 is 1.26 bits per heavy atom. The highest BCUT2D eigenvalue weighted by Crippen LogP contribution is 2.33. The Hall–Kier alpha value is -2.18. The van der Waals surface area contributed by atoms with Crippen molar-refractivity contribution in [3.63, 3.8) is 0 Å². The monoisotopic (exact) mass is 331 g/mol. The summed E-state index contributed by atoms with van der Waals surface area (Å²) in [4.78, 5) is 11.4. The Balaban J connectivity index is 2.68. The van der Waals surface area contributed by atoms with E-state index in [0.29, 0.717) is 5.56 Å². The maximum Gasteiger partial charge on any atom is 0.416 e. The first-order valence-corrected chi connectivity index (χ1v) is 6.91. The van der Waals surface area contributed by atoms with Crippen molar-refractivity contribution in [1.29, 1.82) is 0 Å². The summed E-state index contributed by atoms with van der Waals surface area (Å²) in [5, 5.41) is 2.51. The summed E-state index contributed by atoms with van der Waals surface area (Å²) in [6.45, 7) is 5.42. The molecule has 0 unspecified atom stereocenters. The van der Waals surface area contributed by atoms with Crippen LogP contribution in [0.3, 0.4) is 0 Å². The molecule has 1 rings (SSSR count). The number of nitrogens with one attached hydrogen (secondary N) is 1. The fourth-order valence-corrected chi connectivity index (χ4v) is 1.67. The van der Waals surface area contributed by atoms with Gasteiger partial charge >= 0.3 is 12.3 Å². The minimum absolute atomic E-state index is 0.105. The van der Waals surface area contributed by atoms with Crippen LogP contribution >= 0.6 is 0 Å². The highest BCUT2D eigenvalue weighted by atomic mass is 19.4. The molecule has 0 aliphatic rings. The zero-order valence-corrected chi connectivity index (χ0v) is 13.5. The van der Waals surface area contributed by atoms with Crippen LogP contribution in [0.5, 0.6) is 5.75 Å². The normalized spacial score (nSPS) is 12.3. The predicted molar refractivity (Wildman–Crippen MR) is 81.3 cm³/mol. The Kier molecular flexibility index (Phi) is 6.06. The lowest BCUT2D eigenvalue weighted by Crippen LogP contribution is -2.32. The third kappa shape index (κ3) is 6.63. The van der Waals surface area contributed by atoms with Crippen LogP contribution in [0.15, 0.2) is 24.3 Å². The number of amides is 1. The molecule has 0 saturated carbocycles. The van der Waals surface area contributed by atoms with E-state index in [-0.39, 0.29) is 12.3 Å². The third-order valence-corrected chi connectivity index (χ3v) is 2.62. The average Bonchev–Trinajstić information content (AvgIpc) is 2.40. The van der Waals surface area contributed by atoms with Crippen molar-refractivity contribution >= 4 is 12.2 Å². The maximum atomic E-state index is 12.6. The Labute approximate surface area is 133 Å². The summed E-state index contributed by atoms with van der Waals surface area (Å²) in [5.41, 5.74) is -0.894. The van der Waals surface area contributed by atoms with E-state index in [1.807, 2.05) is 0 Å². The van der Waals surface area contributed by atoms with Crippen LogP contribution in [0, 0.1) is 0 Å². The summed E-state index contributed by atoms with van der Waals surface area (Å²) in [6.07, 6.45) is -1.83. The number of hydrogen-bond acceptors (Lipinski definition) is 3. The summed E-state index contributed by atoms with van der Waals surface area (Å²) >= 11 is 0. The molecule has 0 atom stereocenters. The molecule has 0 saturated heterocycles. The topological polar surface area (TPSA) is 47.6 Å². The molecular weight excluding hydrogens is 311 g/mol. The number of alkyl carbamates (subject to hydrolysis) is 1. The lowest BCUT2D eigenvalue weighted by atomic mass is 10.1. The van der Waals surface area contributed by atoms with E-state index in [1.54, 1.807) is 32.9 Å². The van der Waals surface area contributed by atoms with Gasteiger partial charge in [-0.1, -0.05) is 18.2 Å². The summed E-state index contributed by atoms with van der Waals surface area (Å²) in [7, 11) is 1.30. The average molecular weight is 331 g/mol. The van der Waals surface area contributed by atoms with Crippen LogP contribution in [0.2, 0.25) is 0 Å². The highest BCUT2D eigenvalue weighted by molar-refractivity contribution is 5.68. The molecule has 0 aromatic heterocycles. The van der Waals surface area contributed by atoms with Crippen molar-refractivity contribution in [3.8, 4) is 5.75 Å². The van der Waals surface area contributed by atoms with Crippen molar-refractivity contribution in [2.75, 3.05) is 13.7 Å². The quantitative estimate of drug-likeness (QED) is 0.897. The molecule has 7 heteroatoms. The summed E-state index contributed by atoms with van der Waals surface area (Å²) < 4.78 is 47.9. The second kappa shape index (κ2) is 7.39. The van der Waals surface area contributed by atoms with Gasteiger partial charge in [-0.25, -0.2) is 4.79 Å². The van der Waals surface area contributed by atoms with Crippen LogP contribution in [0.4, 0.5) is 18.0 Å². The lowest BCUT2D eigenvalue weighted by Gasteiger charge is -2.19. The molecule has 128 valence electrons. The molecule has 0 spiro atoms. The molecule has 1 amide bonds. The van der Waals surface area contributed by atoms with Crippen LogP contribution in [-0.2, 0) is 10.9 Å². The Morgan fingerprint density at radius 2 is 1.91 bits per heavy atom. The van der Waals surface area contributed by atoms with Crippen LogP contribution in [0.1, 0.15) is 31.9 Å². The van der Waals surface area contributed by atoms with Gasteiger partial charge in [0.15, 0.2) is 0 Å². The molecule has 1 aromatic rings. The molecule has 1 aromatic carbocycles. The van der Waals surface area contributed by atoms with Crippen LogP contribution < -0.4 is 10.1 Å². The Bertz CT molecular complexity index is 575. The van der Waals surface area contributed by atoms with Crippen molar-refractivity contribution in [3.05, 3.63) is 35.4 Å². The van der Waals surface area contributed by atoms with Gasteiger partial charge in [0.2, 0.25) is 0 Å². The van der Waals surface area contributed by atoms with Gasteiger partial charge in [0, 0.05) is 12.1 Å². The number of halogens is 3. The largest absolute Gasteiger partial charge is 0.496 e. The molecular formula is C16H20F3NO3. The number of carbonyl (C=O) groups excluding carboxylic acids is 1. The second-order valence-electron chi connectivity index (χ2n) is 5.74. The van der Waals surface area contributed by atoms with Crippen LogP contribution in [0.25, 0.3) is 6.08 Å². The standard InChI is InChI=1S/C16H20F3NO3/c1-15(2,3)23-14(21)20-9-5-6-11-7-8-12(16(17,18)19)10-13(11)22-4/h5-8,10H,9H2,1-4H3,(H,20,21). The fourth-order valence-electron chi connectivity index (χ4n) is 1.67. The summed E-state index contributed by atoms with van der Waals surface area (Å²) in [5.74, 6) is 0.105. The van der Waals surface area contributed by atoms with Crippen molar-refractivity contribution in [2.45, 2.75) is 32.5 Å². The molecule has 0 bridgehead atoms. The first kappa shape index (κ1) is 18.9. The number of ether oxygens (including phenoxy) is 2. The van der Waals surface area contributed by atoms with Gasteiger partial charge in [0.1, 0.15) is 11.4 Å². The third-order valence-electron chi connectivity index (χ3n) is 2.62. The van der Waals surface area contributed by atoms with Crippen molar-refractivity contribution < 1.29 is 27.4 Å². The molecule has 4 nitrogen and oxygen atoms in total. The molecule has 0 aliphatic heterocycles. The lowest BCUT2D eigenvalue weighted by molar-refractivity contribution is -0.137. The summed E-state index contributed by atoms with van der Waals surface area (Å²) in [6, 6.07) is 3.22. The molecule has 23 heavy (non-hydrogen) atoms. The van der Waals surface area contributed by atoms with Gasteiger partial charge in [0.05, 0.1) is 12.7 Å². The fraction of sp³-hybridized carbons (Fsp3) is 0.438. The molecule has 1 N–H and O–H groups in total. The van der Waals surface area contributed by atoms with Gasteiger partial charge in [-0.05, 0) is 32.9 Å². The van der Waals surface area contributed by atoms with Gasteiger partial charge < -0.3 is 14.8 Å². The SMILES string of the molecule is COc1cc(C(F)(F)F)ccc1C=CCNC(=O)OC(C)(C)C. The number of methoxy groups -OCH3 is 1. The smallest absolute Gasteiger partial charge is 0.416 e. The molecule has 0 radical (unpaired) electrons. The first-order chi connectivity index (χ1) is 10.5. The van der Waals surface area contributed by atoms with E-state index in [4.69, 9.17) is 9.47 Å². The zero-order chi connectivity index (χ0) is 17.7. The van der Waals surface area contributed by atoms with E-state index in [9.17, 15) is 18.0 Å². The minimum atomic E-state index is -4.42. The van der Waals surface area contributed by atoms with Gasteiger partial charge in [-0.15, -0.1) is 0 Å². The molecule has 0 heterocycles. The van der Waals surface area contributed by atoms with E-state index in [2.05, 4.69) is 5.32 Å². The van der Waals surface area contributed by atoms with Gasteiger partial charge in [-0.3, -0.25) is 0 Å². The van der Waals surface area contributed by atoms with Crippen molar-refractivity contribution in [1.82, 2.24) is 5.32 Å². The van der Waals surface area contributed by atoms with Gasteiger partial charge in [0.25, 0.3) is 0 Å². The number of benzene rings is 1. The van der Waals surface area contributed by atoms with Crippen LogP contribution in [-0.4, -0.2) is 25.3 Å². The second-order valence-corrected chi connectivity index (χ2v) is 5.74. The van der Waals surface area contributed by atoms with E-state index < -0.39 is 23.4 Å². The predicted octanol–water partition coefficient (Wildman–Crippen LogP) is 4.25. The molecule has 0 fully saturated rings. The Morgan fingerprint density at radius 3 is 2.43 bits per heavy atom. The van der Waals surface area contributed by atoms with Gasteiger partial charge in [-0.2, -0.15) is 13.2 Å². The maximum absolute atomic E-state index is 12.6. The number of hydrogen-bond donors (Lipinski definition) is 1. The number of carbonyl (C=O) groups is 1. The first-order valence-electron chi connectivity index (χ1n) is 6.91. The molecule has 0 aliphatic carbocycles. The number of rotatable bonds is 4. The highest BCUT2D eigenvalue weighted by Gasteiger charge is 2.31. The minimum Gasteiger partial charge on any atom is -0.496 e. The van der Waals surface area contributed by atoms with E-state index >= 15 is 0 Å². The van der Waals surface area contributed by atoms with E-state index in [0.717, 1.165) is 12.1 Å².